The molecule has 3 nitrogen and oxygen atoms in total. The summed E-state index contributed by atoms with van der Waals surface area (Å²) in [5.41, 5.74) is 0.432. The highest BCUT2D eigenvalue weighted by molar-refractivity contribution is 5.29. The van der Waals surface area contributed by atoms with Crippen molar-refractivity contribution in [3.8, 4) is 11.8 Å². The first kappa shape index (κ1) is 11.5. The number of phenols is 1. The van der Waals surface area contributed by atoms with E-state index in [1.165, 1.54) is 0 Å². The topological polar surface area (TPSA) is 47.3 Å². The zero-order chi connectivity index (χ0) is 11.5. The van der Waals surface area contributed by atoms with Gasteiger partial charge < -0.3 is 5.11 Å². The monoisotopic (exact) mass is 204 g/mol. The third-order valence-electron chi connectivity index (χ3n) is 2.69. The van der Waals surface area contributed by atoms with Gasteiger partial charge in [0.1, 0.15) is 11.3 Å². The van der Waals surface area contributed by atoms with Crippen molar-refractivity contribution in [1.29, 1.82) is 5.26 Å². The Hall–Kier alpha value is -1.53. The van der Waals surface area contributed by atoms with Crippen molar-refractivity contribution in [1.82, 2.24) is 4.90 Å². The van der Waals surface area contributed by atoms with E-state index < -0.39 is 5.54 Å². The second-order valence-corrected chi connectivity index (χ2v) is 4.13. The van der Waals surface area contributed by atoms with E-state index in [9.17, 15) is 5.11 Å². The van der Waals surface area contributed by atoms with E-state index in [-0.39, 0.29) is 5.75 Å². The highest BCUT2D eigenvalue weighted by Gasteiger charge is 2.26. The molecule has 0 saturated carbocycles. The van der Waals surface area contributed by atoms with Gasteiger partial charge in [0, 0.05) is 6.42 Å². The van der Waals surface area contributed by atoms with Gasteiger partial charge in [-0.25, -0.2) is 0 Å². The molecule has 0 aliphatic carbocycles. The van der Waals surface area contributed by atoms with Gasteiger partial charge in [-0.1, -0.05) is 12.1 Å². The molecule has 1 aromatic rings. The molecule has 0 aliphatic rings. The first-order valence-corrected chi connectivity index (χ1v) is 4.84. The molecule has 0 bridgehead atoms. The van der Waals surface area contributed by atoms with Crippen LogP contribution in [0.2, 0.25) is 0 Å². The molecule has 0 radical (unpaired) electrons. The van der Waals surface area contributed by atoms with Crippen molar-refractivity contribution in [2.75, 3.05) is 14.1 Å². The Balaban J connectivity index is 2.90. The van der Waals surface area contributed by atoms with Crippen molar-refractivity contribution in [3.63, 3.8) is 0 Å². The van der Waals surface area contributed by atoms with Crippen LogP contribution in [0.4, 0.5) is 0 Å². The van der Waals surface area contributed by atoms with Crippen molar-refractivity contribution >= 4 is 0 Å². The largest absolute Gasteiger partial charge is 0.508 e. The molecule has 0 aromatic heterocycles. The van der Waals surface area contributed by atoms with E-state index in [1.54, 1.807) is 18.2 Å². The molecule has 0 fully saturated rings. The molecule has 0 saturated heterocycles. The zero-order valence-electron chi connectivity index (χ0n) is 9.36. The number of hydrogen-bond acceptors (Lipinski definition) is 3. The van der Waals surface area contributed by atoms with Crippen LogP contribution in [-0.2, 0) is 6.42 Å². The van der Waals surface area contributed by atoms with E-state index >= 15 is 0 Å². The SMILES string of the molecule is CN(C)C(C)(C#N)Cc1cccc(O)c1. The van der Waals surface area contributed by atoms with Crippen LogP contribution < -0.4 is 0 Å². The summed E-state index contributed by atoms with van der Waals surface area (Å²) in [5.74, 6) is 0.242. The smallest absolute Gasteiger partial charge is 0.115 e. The van der Waals surface area contributed by atoms with Gasteiger partial charge in [0.15, 0.2) is 0 Å². The van der Waals surface area contributed by atoms with Crippen molar-refractivity contribution in [2.24, 2.45) is 0 Å². The molecule has 1 N–H and O–H groups in total. The molecule has 0 spiro atoms. The minimum absolute atomic E-state index is 0.242. The van der Waals surface area contributed by atoms with E-state index in [1.807, 2.05) is 32.0 Å². The Kier molecular flexibility index (Phi) is 3.33. The standard InChI is InChI=1S/C12H16N2O/c1-12(9-13,14(2)3)8-10-5-4-6-11(15)7-10/h4-7,15H,8H2,1-3H3. The number of nitriles is 1. The summed E-state index contributed by atoms with van der Waals surface area (Å²) in [4.78, 5) is 1.89. The van der Waals surface area contributed by atoms with E-state index in [2.05, 4.69) is 6.07 Å². The van der Waals surface area contributed by atoms with Gasteiger partial charge in [-0.3, -0.25) is 4.90 Å². The molecule has 3 heteroatoms. The molecule has 1 rings (SSSR count). The van der Waals surface area contributed by atoms with Crippen LogP contribution in [0.5, 0.6) is 5.75 Å². The van der Waals surface area contributed by atoms with E-state index in [0.717, 1.165) is 5.56 Å². The van der Waals surface area contributed by atoms with Crippen LogP contribution in [0.3, 0.4) is 0 Å². The Morgan fingerprint density at radius 2 is 2.13 bits per heavy atom. The van der Waals surface area contributed by atoms with Crippen LogP contribution in [0.15, 0.2) is 24.3 Å². The molecular formula is C12H16N2O. The summed E-state index contributed by atoms with van der Waals surface area (Å²) in [5, 5.41) is 18.5. The van der Waals surface area contributed by atoms with Crippen molar-refractivity contribution in [3.05, 3.63) is 29.8 Å². The predicted molar refractivity (Wildman–Crippen MR) is 59.5 cm³/mol. The molecule has 0 amide bonds. The minimum atomic E-state index is -0.534. The number of nitrogens with zero attached hydrogens (tertiary/aromatic N) is 2. The first-order valence-electron chi connectivity index (χ1n) is 4.84. The van der Waals surface area contributed by atoms with E-state index in [4.69, 9.17) is 5.26 Å². The highest BCUT2D eigenvalue weighted by atomic mass is 16.3. The van der Waals surface area contributed by atoms with Crippen LogP contribution in [-0.4, -0.2) is 29.6 Å². The fourth-order valence-electron chi connectivity index (χ4n) is 1.36. The van der Waals surface area contributed by atoms with Crippen LogP contribution in [0.25, 0.3) is 0 Å². The van der Waals surface area contributed by atoms with E-state index in [0.29, 0.717) is 6.42 Å². The lowest BCUT2D eigenvalue weighted by Gasteiger charge is -2.29. The molecule has 1 unspecified atom stereocenters. The van der Waals surface area contributed by atoms with Gasteiger partial charge in [0.05, 0.1) is 6.07 Å². The minimum Gasteiger partial charge on any atom is -0.508 e. The molecule has 15 heavy (non-hydrogen) atoms. The second kappa shape index (κ2) is 4.33. The van der Waals surface area contributed by atoms with Gasteiger partial charge in [0.25, 0.3) is 0 Å². The number of benzene rings is 1. The summed E-state index contributed by atoms with van der Waals surface area (Å²) in [6.45, 7) is 1.89. The third kappa shape index (κ3) is 2.71. The van der Waals surface area contributed by atoms with Gasteiger partial charge in [-0.05, 0) is 38.7 Å². The quantitative estimate of drug-likeness (QED) is 0.816. The van der Waals surface area contributed by atoms with Crippen molar-refractivity contribution < 1.29 is 5.11 Å². The second-order valence-electron chi connectivity index (χ2n) is 4.13. The van der Waals surface area contributed by atoms with Gasteiger partial charge in [-0.2, -0.15) is 5.26 Å². The summed E-state index contributed by atoms with van der Waals surface area (Å²) in [7, 11) is 3.76. The third-order valence-corrected chi connectivity index (χ3v) is 2.69. The normalized spacial score (nSPS) is 14.6. The van der Waals surface area contributed by atoms with Crippen LogP contribution in [0, 0.1) is 11.3 Å². The Bertz CT molecular complexity index is 381. The van der Waals surface area contributed by atoms with Crippen molar-refractivity contribution in [2.45, 2.75) is 18.9 Å². The van der Waals surface area contributed by atoms with Gasteiger partial charge in [-0.15, -0.1) is 0 Å². The number of likely N-dealkylation sites (N-methyl/N-ethyl adjacent to an activating group) is 1. The van der Waals surface area contributed by atoms with Gasteiger partial charge >= 0.3 is 0 Å². The maximum absolute atomic E-state index is 9.32. The Morgan fingerprint density at radius 1 is 1.47 bits per heavy atom. The lowest BCUT2D eigenvalue weighted by molar-refractivity contribution is 0.236. The lowest BCUT2D eigenvalue weighted by atomic mass is 9.93. The zero-order valence-corrected chi connectivity index (χ0v) is 9.36. The fourth-order valence-corrected chi connectivity index (χ4v) is 1.36. The number of hydrogen-bond donors (Lipinski definition) is 1. The first-order chi connectivity index (χ1) is 6.98. The molecule has 1 aromatic carbocycles. The molecule has 80 valence electrons. The molecule has 0 heterocycles. The number of phenolic OH excluding ortho intramolecular Hbond substituents is 1. The summed E-state index contributed by atoms with van der Waals surface area (Å²) >= 11 is 0. The molecule has 1 atom stereocenters. The summed E-state index contributed by atoms with van der Waals surface area (Å²) in [6.07, 6.45) is 0.602. The number of aromatic hydroxyl groups is 1. The summed E-state index contributed by atoms with van der Waals surface area (Å²) < 4.78 is 0. The maximum atomic E-state index is 9.32. The molecule has 0 aliphatic heterocycles. The fraction of sp³-hybridized carbons (Fsp3) is 0.417. The Morgan fingerprint density at radius 3 is 2.60 bits per heavy atom. The predicted octanol–water partition coefficient (Wildman–Crippen LogP) is 1.78. The van der Waals surface area contributed by atoms with Crippen LogP contribution in [0.1, 0.15) is 12.5 Å². The van der Waals surface area contributed by atoms with Gasteiger partial charge in [0.2, 0.25) is 0 Å². The number of rotatable bonds is 3. The maximum Gasteiger partial charge on any atom is 0.115 e. The van der Waals surface area contributed by atoms with Crippen LogP contribution >= 0.6 is 0 Å². The highest BCUT2D eigenvalue weighted by Crippen LogP contribution is 2.20. The summed E-state index contributed by atoms with van der Waals surface area (Å²) in [6, 6.07) is 9.32. The average molecular weight is 204 g/mol. The average Bonchev–Trinajstić information content (AvgIpc) is 2.17. The Labute approximate surface area is 90.6 Å². The lowest BCUT2D eigenvalue weighted by Crippen LogP contribution is -2.41. The molecular weight excluding hydrogens is 188 g/mol.